The maximum absolute atomic E-state index is 11.5. The fourth-order valence-corrected chi connectivity index (χ4v) is 2.68. The monoisotopic (exact) mass is 268 g/mol. The smallest absolute Gasteiger partial charge is 0.344 e. The van der Waals surface area contributed by atoms with Crippen LogP contribution in [0.15, 0.2) is 12.7 Å². The molecule has 0 saturated heterocycles. The van der Waals surface area contributed by atoms with Gasteiger partial charge in [0.05, 0.1) is 0 Å². The van der Waals surface area contributed by atoms with Crippen LogP contribution >= 0.6 is 0 Å². The molecule has 0 spiro atoms. The van der Waals surface area contributed by atoms with Crippen molar-refractivity contribution in [1.29, 1.82) is 0 Å². The van der Waals surface area contributed by atoms with E-state index in [0.717, 1.165) is 18.9 Å². The Morgan fingerprint density at radius 2 is 2.16 bits per heavy atom. The molecule has 0 heterocycles. The zero-order valence-corrected chi connectivity index (χ0v) is 12.1. The van der Waals surface area contributed by atoms with Crippen LogP contribution in [-0.2, 0) is 19.1 Å². The largest absolute Gasteiger partial charge is 0.460 e. The molecule has 108 valence electrons. The molecule has 0 aromatic heterocycles. The normalized spacial score (nSPS) is 23.2. The van der Waals surface area contributed by atoms with Gasteiger partial charge in [-0.1, -0.05) is 26.8 Å². The second kappa shape index (κ2) is 6.73. The summed E-state index contributed by atoms with van der Waals surface area (Å²) in [6.45, 7) is 9.34. The predicted octanol–water partition coefficient (Wildman–Crippen LogP) is 2.86. The van der Waals surface area contributed by atoms with Crippen molar-refractivity contribution in [1.82, 2.24) is 0 Å². The first-order chi connectivity index (χ1) is 8.84. The quantitative estimate of drug-likeness (QED) is 0.568. The summed E-state index contributed by atoms with van der Waals surface area (Å²) < 4.78 is 9.98. The Hall–Kier alpha value is -1.32. The standard InChI is InChI=1S/C15H24O4/c1-5-13(16)18-10-14(17)19-11(2)12-7-6-8-15(3,4)9-12/h5,11-12H,1,6-10H2,2-4H3. The van der Waals surface area contributed by atoms with E-state index in [4.69, 9.17) is 4.74 Å². The van der Waals surface area contributed by atoms with Crippen molar-refractivity contribution < 1.29 is 19.1 Å². The number of rotatable bonds is 5. The van der Waals surface area contributed by atoms with Gasteiger partial charge in [0.2, 0.25) is 0 Å². The molecule has 1 saturated carbocycles. The molecule has 0 bridgehead atoms. The summed E-state index contributed by atoms with van der Waals surface area (Å²) in [4.78, 5) is 22.4. The van der Waals surface area contributed by atoms with E-state index in [0.29, 0.717) is 11.3 Å². The summed E-state index contributed by atoms with van der Waals surface area (Å²) in [6.07, 6.45) is 5.44. The zero-order valence-electron chi connectivity index (χ0n) is 12.1. The average Bonchev–Trinajstić information content (AvgIpc) is 2.34. The minimum absolute atomic E-state index is 0.130. The van der Waals surface area contributed by atoms with Crippen LogP contribution in [0, 0.1) is 11.3 Å². The van der Waals surface area contributed by atoms with Crippen LogP contribution in [0.25, 0.3) is 0 Å². The van der Waals surface area contributed by atoms with E-state index in [1.165, 1.54) is 12.8 Å². The first-order valence-corrected chi connectivity index (χ1v) is 6.83. The molecule has 4 heteroatoms. The van der Waals surface area contributed by atoms with E-state index < -0.39 is 11.9 Å². The molecule has 0 aromatic carbocycles. The number of hydrogen-bond acceptors (Lipinski definition) is 4. The van der Waals surface area contributed by atoms with Gasteiger partial charge in [-0.15, -0.1) is 0 Å². The van der Waals surface area contributed by atoms with Crippen molar-refractivity contribution >= 4 is 11.9 Å². The number of ether oxygens (including phenoxy) is 2. The van der Waals surface area contributed by atoms with Gasteiger partial charge in [-0.2, -0.15) is 0 Å². The van der Waals surface area contributed by atoms with Crippen LogP contribution in [0.2, 0.25) is 0 Å². The number of hydrogen-bond donors (Lipinski definition) is 0. The highest BCUT2D eigenvalue weighted by atomic mass is 16.6. The fourth-order valence-electron chi connectivity index (χ4n) is 2.68. The number of carbonyl (C=O) groups is 2. The van der Waals surface area contributed by atoms with Crippen molar-refractivity contribution in [3.05, 3.63) is 12.7 Å². The van der Waals surface area contributed by atoms with Crippen LogP contribution in [0.4, 0.5) is 0 Å². The van der Waals surface area contributed by atoms with Gasteiger partial charge < -0.3 is 9.47 Å². The second-order valence-corrected chi connectivity index (χ2v) is 6.03. The molecule has 2 unspecified atom stereocenters. The molecule has 0 N–H and O–H groups in total. The lowest BCUT2D eigenvalue weighted by Crippen LogP contribution is -2.33. The lowest BCUT2D eigenvalue weighted by atomic mass is 9.71. The van der Waals surface area contributed by atoms with Crippen LogP contribution in [0.3, 0.4) is 0 Å². The Morgan fingerprint density at radius 3 is 2.74 bits per heavy atom. The first kappa shape index (κ1) is 15.7. The van der Waals surface area contributed by atoms with E-state index in [1.54, 1.807) is 0 Å². The zero-order chi connectivity index (χ0) is 14.5. The highest BCUT2D eigenvalue weighted by Gasteiger charge is 2.32. The third-order valence-corrected chi connectivity index (χ3v) is 3.72. The molecule has 1 rings (SSSR count). The Kier molecular flexibility index (Phi) is 5.58. The molecular weight excluding hydrogens is 244 g/mol. The lowest BCUT2D eigenvalue weighted by Gasteiger charge is -2.37. The Morgan fingerprint density at radius 1 is 1.47 bits per heavy atom. The van der Waals surface area contributed by atoms with E-state index in [2.05, 4.69) is 25.2 Å². The summed E-state index contributed by atoms with van der Waals surface area (Å²) >= 11 is 0. The number of carbonyl (C=O) groups excluding carboxylic acids is 2. The van der Waals surface area contributed by atoms with Gasteiger partial charge in [0.25, 0.3) is 0 Å². The minimum Gasteiger partial charge on any atom is -0.460 e. The van der Waals surface area contributed by atoms with Gasteiger partial charge in [0.1, 0.15) is 6.10 Å². The van der Waals surface area contributed by atoms with Crippen molar-refractivity contribution in [2.45, 2.75) is 52.6 Å². The topological polar surface area (TPSA) is 52.6 Å². The fraction of sp³-hybridized carbons (Fsp3) is 0.733. The van der Waals surface area contributed by atoms with Gasteiger partial charge in [0.15, 0.2) is 6.61 Å². The second-order valence-electron chi connectivity index (χ2n) is 6.03. The average molecular weight is 268 g/mol. The molecule has 0 amide bonds. The maximum Gasteiger partial charge on any atom is 0.344 e. The van der Waals surface area contributed by atoms with E-state index in [1.807, 2.05) is 6.92 Å². The van der Waals surface area contributed by atoms with Crippen molar-refractivity contribution in [3.8, 4) is 0 Å². The molecule has 0 radical (unpaired) electrons. The summed E-state index contributed by atoms with van der Waals surface area (Å²) in [7, 11) is 0. The third kappa shape index (κ3) is 5.45. The van der Waals surface area contributed by atoms with Crippen molar-refractivity contribution in [2.24, 2.45) is 11.3 Å². The van der Waals surface area contributed by atoms with Crippen molar-refractivity contribution in [3.63, 3.8) is 0 Å². The molecule has 19 heavy (non-hydrogen) atoms. The Labute approximate surface area is 115 Å². The predicted molar refractivity (Wildman–Crippen MR) is 72.4 cm³/mol. The van der Waals surface area contributed by atoms with Gasteiger partial charge in [-0.3, -0.25) is 0 Å². The van der Waals surface area contributed by atoms with E-state index in [-0.39, 0.29) is 12.7 Å². The summed E-state index contributed by atoms with van der Waals surface area (Å²) in [5.41, 5.74) is 0.318. The number of esters is 2. The SMILES string of the molecule is C=CC(=O)OCC(=O)OC(C)C1CCCC(C)(C)C1. The molecule has 0 aromatic rings. The molecule has 0 aliphatic heterocycles. The maximum atomic E-state index is 11.5. The lowest BCUT2D eigenvalue weighted by molar-refractivity contribution is -0.162. The molecule has 1 aliphatic rings. The van der Waals surface area contributed by atoms with Crippen LogP contribution in [0.1, 0.15) is 46.5 Å². The van der Waals surface area contributed by atoms with Crippen LogP contribution < -0.4 is 0 Å². The van der Waals surface area contributed by atoms with Gasteiger partial charge in [-0.25, -0.2) is 9.59 Å². The minimum atomic E-state index is -0.608. The van der Waals surface area contributed by atoms with E-state index >= 15 is 0 Å². The van der Waals surface area contributed by atoms with E-state index in [9.17, 15) is 9.59 Å². The van der Waals surface area contributed by atoms with Gasteiger partial charge in [-0.05, 0) is 37.5 Å². The Bertz CT molecular complexity index is 346. The summed E-state index contributed by atoms with van der Waals surface area (Å²) in [5.74, 6) is -0.711. The highest BCUT2D eigenvalue weighted by Crippen LogP contribution is 2.40. The molecular formula is C15H24O4. The van der Waals surface area contributed by atoms with Crippen LogP contribution in [0.5, 0.6) is 0 Å². The molecule has 1 fully saturated rings. The summed E-state index contributed by atoms with van der Waals surface area (Å²) in [5, 5.41) is 0. The first-order valence-electron chi connectivity index (χ1n) is 6.83. The molecule has 1 aliphatic carbocycles. The summed E-state index contributed by atoms with van der Waals surface area (Å²) in [6, 6.07) is 0. The Balaban J connectivity index is 2.37. The molecule has 2 atom stereocenters. The molecule has 4 nitrogen and oxygen atoms in total. The van der Waals surface area contributed by atoms with Crippen molar-refractivity contribution in [2.75, 3.05) is 6.61 Å². The highest BCUT2D eigenvalue weighted by molar-refractivity contribution is 5.83. The van der Waals surface area contributed by atoms with Gasteiger partial charge in [0, 0.05) is 6.08 Å². The van der Waals surface area contributed by atoms with Gasteiger partial charge >= 0.3 is 11.9 Å². The van der Waals surface area contributed by atoms with Crippen LogP contribution in [-0.4, -0.2) is 24.6 Å². The third-order valence-electron chi connectivity index (χ3n) is 3.72.